The number of likely N-dealkylation sites (tertiary alicyclic amines) is 1. The van der Waals surface area contributed by atoms with Crippen LogP contribution in [0.1, 0.15) is 24.3 Å². The Balaban J connectivity index is 1.69. The van der Waals surface area contributed by atoms with Crippen LogP contribution in [0.5, 0.6) is 0 Å². The van der Waals surface area contributed by atoms with Crippen LogP contribution in [0.4, 0.5) is 0 Å². The zero-order valence-electron chi connectivity index (χ0n) is 12.5. The molecule has 3 rings (SSSR count). The molecule has 1 amide bonds. The van der Waals surface area contributed by atoms with E-state index in [2.05, 4.69) is 10.2 Å². The van der Waals surface area contributed by atoms with Crippen LogP contribution in [0.15, 0.2) is 40.0 Å². The first-order valence-electron chi connectivity index (χ1n) is 7.41. The Bertz CT molecular complexity index is 780. The van der Waals surface area contributed by atoms with Gasteiger partial charge in [0, 0.05) is 13.1 Å². The lowest BCUT2D eigenvalue weighted by atomic mass is 10.2. The highest BCUT2D eigenvalue weighted by Crippen LogP contribution is 2.15. The van der Waals surface area contributed by atoms with Crippen molar-refractivity contribution in [1.82, 2.24) is 15.1 Å². The van der Waals surface area contributed by atoms with Crippen molar-refractivity contribution >= 4 is 15.7 Å². The van der Waals surface area contributed by atoms with E-state index in [0.717, 1.165) is 18.4 Å². The molecule has 1 aromatic carbocycles. The van der Waals surface area contributed by atoms with Gasteiger partial charge in [-0.15, -0.1) is 5.10 Å². The molecule has 0 N–H and O–H groups in total. The molecule has 0 radical (unpaired) electrons. The third kappa shape index (κ3) is 3.76. The van der Waals surface area contributed by atoms with Crippen molar-refractivity contribution in [3.05, 3.63) is 41.8 Å². The van der Waals surface area contributed by atoms with Gasteiger partial charge in [-0.05, 0) is 18.4 Å². The maximum absolute atomic E-state index is 12.2. The molecule has 2 aromatic rings. The molecule has 0 saturated carbocycles. The Morgan fingerprint density at radius 3 is 2.52 bits per heavy atom. The molecule has 0 spiro atoms. The second-order valence-corrected chi connectivity index (χ2v) is 7.34. The summed E-state index contributed by atoms with van der Waals surface area (Å²) in [5, 5.41) is 6.86. The van der Waals surface area contributed by atoms with Crippen LogP contribution in [-0.2, 0) is 21.1 Å². The largest absolute Gasteiger partial charge is 0.412 e. The predicted molar refractivity (Wildman–Crippen MR) is 81.4 cm³/mol. The number of amides is 1. The van der Waals surface area contributed by atoms with E-state index in [1.54, 1.807) is 4.90 Å². The quantitative estimate of drug-likeness (QED) is 0.811. The number of rotatable bonds is 5. The number of carbonyl (C=O) groups excluding carboxylic acids is 1. The highest BCUT2D eigenvalue weighted by atomic mass is 32.2. The summed E-state index contributed by atoms with van der Waals surface area (Å²) in [4.78, 5) is 13.5. The van der Waals surface area contributed by atoms with Crippen molar-refractivity contribution < 1.29 is 17.6 Å². The number of benzene rings is 1. The van der Waals surface area contributed by atoms with Gasteiger partial charge < -0.3 is 9.32 Å². The lowest BCUT2D eigenvalue weighted by Gasteiger charge is -2.13. The fourth-order valence-corrected chi connectivity index (χ4v) is 3.51. The van der Waals surface area contributed by atoms with Crippen molar-refractivity contribution in [1.29, 1.82) is 0 Å². The Morgan fingerprint density at radius 1 is 1.13 bits per heavy atom. The average molecular weight is 335 g/mol. The fraction of sp³-hybridized carbons (Fsp3) is 0.400. The van der Waals surface area contributed by atoms with Gasteiger partial charge in [0.1, 0.15) is 5.75 Å². The van der Waals surface area contributed by atoms with E-state index < -0.39 is 26.7 Å². The van der Waals surface area contributed by atoms with Crippen LogP contribution >= 0.6 is 0 Å². The third-order valence-electron chi connectivity index (χ3n) is 3.68. The predicted octanol–water partition coefficient (Wildman–Crippen LogP) is 1.06. The summed E-state index contributed by atoms with van der Waals surface area (Å²) in [6.45, 7) is 1.22. The van der Waals surface area contributed by atoms with Crippen LogP contribution in [0, 0.1) is 0 Å². The van der Waals surface area contributed by atoms with Crippen LogP contribution in [-0.4, -0.2) is 48.3 Å². The molecule has 1 saturated heterocycles. The van der Waals surface area contributed by atoms with Gasteiger partial charge in [0.2, 0.25) is 21.6 Å². The molecule has 23 heavy (non-hydrogen) atoms. The molecular weight excluding hydrogens is 318 g/mol. The Morgan fingerprint density at radius 2 is 1.83 bits per heavy atom. The maximum atomic E-state index is 12.2. The maximum Gasteiger partial charge on any atom is 0.336 e. The smallest absolute Gasteiger partial charge is 0.336 e. The molecule has 1 aliphatic heterocycles. The molecule has 1 aromatic heterocycles. The molecule has 8 heteroatoms. The summed E-state index contributed by atoms with van der Waals surface area (Å²) in [5.74, 6) is -0.825. The normalized spacial score (nSPS) is 15.0. The molecule has 0 unspecified atom stereocenters. The summed E-state index contributed by atoms with van der Waals surface area (Å²) in [5.41, 5.74) is 0.938. The van der Waals surface area contributed by atoms with Gasteiger partial charge in [0.15, 0.2) is 0 Å². The third-order valence-corrected chi connectivity index (χ3v) is 5.01. The van der Waals surface area contributed by atoms with E-state index in [4.69, 9.17) is 4.42 Å². The van der Waals surface area contributed by atoms with E-state index in [0.29, 0.717) is 19.5 Å². The van der Waals surface area contributed by atoms with E-state index >= 15 is 0 Å². The number of hydrogen-bond acceptors (Lipinski definition) is 6. The van der Waals surface area contributed by atoms with E-state index in [1.807, 2.05) is 30.3 Å². The van der Waals surface area contributed by atoms with Gasteiger partial charge in [-0.2, -0.15) is 0 Å². The molecule has 1 fully saturated rings. The van der Waals surface area contributed by atoms with Crippen molar-refractivity contribution in [2.45, 2.75) is 24.5 Å². The summed E-state index contributed by atoms with van der Waals surface area (Å²) < 4.78 is 29.7. The first kappa shape index (κ1) is 15.7. The lowest BCUT2D eigenvalue weighted by molar-refractivity contribution is -0.127. The zero-order chi connectivity index (χ0) is 16.3. The van der Waals surface area contributed by atoms with Gasteiger partial charge in [0.25, 0.3) is 0 Å². The monoisotopic (exact) mass is 335 g/mol. The first-order valence-corrected chi connectivity index (χ1v) is 9.07. The summed E-state index contributed by atoms with van der Waals surface area (Å²) in [7, 11) is -3.90. The van der Waals surface area contributed by atoms with Gasteiger partial charge in [0.05, 0.1) is 6.42 Å². The number of aromatic nitrogens is 2. The van der Waals surface area contributed by atoms with E-state index in [9.17, 15) is 13.2 Å². The van der Waals surface area contributed by atoms with Crippen molar-refractivity contribution in [3.63, 3.8) is 0 Å². The minimum atomic E-state index is -3.90. The van der Waals surface area contributed by atoms with Gasteiger partial charge in [-0.1, -0.05) is 35.4 Å². The van der Waals surface area contributed by atoms with Crippen LogP contribution in [0.3, 0.4) is 0 Å². The van der Waals surface area contributed by atoms with Gasteiger partial charge in [-0.25, -0.2) is 8.42 Å². The van der Waals surface area contributed by atoms with Crippen molar-refractivity contribution in [2.75, 3.05) is 18.8 Å². The van der Waals surface area contributed by atoms with Gasteiger partial charge >= 0.3 is 5.22 Å². The summed E-state index contributed by atoms with van der Waals surface area (Å²) in [6, 6.07) is 9.40. The van der Waals surface area contributed by atoms with Crippen LogP contribution < -0.4 is 0 Å². The average Bonchev–Trinajstić information content (AvgIpc) is 3.19. The molecule has 0 bridgehead atoms. The number of hydrogen-bond donors (Lipinski definition) is 0. The van der Waals surface area contributed by atoms with Crippen LogP contribution in [0.2, 0.25) is 0 Å². The second-order valence-electron chi connectivity index (χ2n) is 5.47. The molecule has 0 atom stereocenters. The Labute approximate surface area is 134 Å². The molecular formula is C15H17N3O4S. The Hall–Kier alpha value is -2.22. The van der Waals surface area contributed by atoms with E-state index in [1.165, 1.54) is 0 Å². The van der Waals surface area contributed by atoms with Gasteiger partial charge in [-0.3, -0.25) is 4.79 Å². The highest BCUT2D eigenvalue weighted by molar-refractivity contribution is 7.91. The topological polar surface area (TPSA) is 93.4 Å². The highest BCUT2D eigenvalue weighted by Gasteiger charge is 2.29. The Kier molecular flexibility index (Phi) is 4.42. The number of nitrogens with zero attached hydrogens (tertiary/aromatic N) is 3. The molecule has 7 nitrogen and oxygen atoms in total. The van der Waals surface area contributed by atoms with Crippen molar-refractivity contribution in [2.24, 2.45) is 0 Å². The van der Waals surface area contributed by atoms with E-state index in [-0.39, 0.29) is 5.89 Å². The second kappa shape index (κ2) is 6.49. The molecule has 0 aliphatic carbocycles. The molecule has 1 aliphatic rings. The SMILES string of the molecule is O=C(CS(=O)(=O)c1nnc(Cc2ccccc2)o1)N1CCCC1. The molecule has 2 heterocycles. The minimum absolute atomic E-state index is 0.211. The summed E-state index contributed by atoms with van der Waals surface area (Å²) >= 11 is 0. The minimum Gasteiger partial charge on any atom is -0.412 e. The summed E-state index contributed by atoms with van der Waals surface area (Å²) in [6.07, 6.45) is 2.17. The standard InChI is InChI=1S/C15H17N3O4S/c19-14(18-8-4-5-9-18)11-23(20,21)15-17-16-13(22-15)10-12-6-2-1-3-7-12/h1-3,6-7H,4-5,8-11H2. The fourth-order valence-electron chi connectivity index (χ4n) is 2.49. The molecule has 122 valence electrons. The number of sulfone groups is 1. The van der Waals surface area contributed by atoms with Crippen molar-refractivity contribution in [3.8, 4) is 0 Å². The number of carbonyl (C=O) groups is 1. The lowest BCUT2D eigenvalue weighted by Crippen LogP contribution is -2.33. The first-order chi connectivity index (χ1) is 11.0. The zero-order valence-corrected chi connectivity index (χ0v) is 13.3. The van der Waals surface area contributed by atoms with Crippen LogP contribution in [0.25, 0.3) is 0 Å².